The van der Waals surface area contributed by atoms with E-state index in [1.54, 1.807) is 11.3 Å². The maximum atomic E-state index is 11.0. The van der Waals surface area contributed by atoms with Gasteiger partial charge < -0.3 is 14.8 Å². The first-order chi connectivity index (χ1) is 12.7. The first-order valence-corrected chi connectivity index (χ1v) is 10.5. The minimum Gasteiger partial charge on any atom is -0.550 e. The smallest absolute Gasteiger partial charge is 0.186 e. The number of carboxylic acid groups (broad SMARTS) is 1. The summed E-state index contributed by atoms with van der Waals surface area (Å²) in [5, 5.41) is 12.0. The highest BCUT2D eigenvalue weighted by Crippen LogP contribution is 2.39. The highest BCUT2D eigenvalue weighted by atomic mass is 32.1. The zero-order chi connectivity index (χ0) is 17.9. The lowest BCUT2D eigenvalue weighted by molar-refractivity contribution is -0.305. The van der Waals surface area contributed by atoms with Crippen LogP contribution in [0.15, 0.2) is 30.3 Å². The second-order valence-electron chi connectivity index (χ2n) is 7.47. The van der Waals surface area contributed by atoms with Gasteiger partial charge >= 0.3 is 0 Å². The van der Waals surface area contributed by atoms with Gasteiger partial charge in [0.1, 0.15) is 0 Å². The Morgan fingerprint density at radius 1 is 1.19 bits per heavy atom. The molecule has 1 fully saturated rings. The molecule has 1 atom stereocenters. The van der Waals surface area contributed by atoms with Crippen LogP contribution in [0.4, 0.5) is 5.13 Å². The zero-order valence-corrected chi connectivity index (χ0v) is 15.8. The summed E-state index contributed by atoms with van der Waals surface area (Å²) in [6.45, 7) is 0.515. The highest BCUT2D eigenvalue weighted by Gasteiger charge is 2.29. The normalized spacial score (nSPS) is 20.1. The molecule has 0 radical (unpaired) electrons. The Kier molecular flexibility index (Phi) is 5.25. The molecule has 1 aromatic heterocycles. The fraction of sp³-hybridized carbons (Fsp3) is 0.524. The molecule has 138 valence electrons. The molecule has 2 aliphatic carbocycles. The Bertz CT molecular complexity index is 753. The van der Waals surface area contributed by atoms with Crippen LogP contribution in [0, 0.1) is 0 Å². The second kappa shape index (κ2) is 7.78. The molecule has 2 aliphatic rings. The van der Waals surface area contributed by atoms with Crippen molar-refractivity contribution < 1.29 is 9.90 Å². The van der Waals surface area contributed by atoms with Gasteiger partial charge in [-0.25, -0.2) is 4.98 Å². The van der Waals surface area contributed by atoms with Crippen molar-refractivity contribution in [3.05, 3.63) is 46.5 Å². The average Bonchev–Trinajstić information content (AvgIpc) is 3.31. The Hall–Kier alpha value is -1.88. The number of hydrogen-bond acceptors (Lipinski definition) is 5. The number of anilines is 1. The Morgan fingerprint density at radius 3 is 2.69 bits per heavy atom. The van der Waals surface area contributed by atoms with Crippen molar-refractivity contribution in [3.63, 3.8) is 0 Å². The van der Waals surface area contributed by atoms with E-state index < -0.39 is 5.97 Å². The number of aryl methyl sites for hydroxylation is 1. The van der Waals surface area contributed by atoms with Crippen molar-refractivity contribution in [2.24, 2.45) is 0 Å². The third kappa shape index (κ3) is 3.78. The van der Waals surface area contributed by atoms with Crippen LogP contribution < -0.4 is 10.0 Å². The van der Waals surface area contributed by atoms with Gasteiger partial charge in [0, 0.05) is 29.9 Å². The van der Waals surface area contributed by atoms with Crippen LogP contribution >= 0.6 is 11.3 Å². The van der Waals surface area contributed by atoms with E-state index in [0.29, 0.717) is 18.5 Å². The number of fused-ring (bicyclic) bond motifs is 1. The summed E-state index contributed by atoms with van der Waals surface area (Å²) in [6.07, 6.45) is 8.03. The molecule has 0 amide bonds. The maximum Gasteiger partial charge on any atom is 0.186 e. The van der Waals surface area contributed by atoms with Crippen LogP contribution in [0.2, 0.25) is 0 Å². The van der Waals surface area contributed by atoms with Gasteiger partial charge in [0.2, 0.25) is 0 Å². The standard InChI is InChI=1S/C21H26N2O2S/c24-20(25)12-13-23(17-8-4-5-9-17)21-22-18-11-10-16(14-19(18)26-21)15-6-2-1-3-7-15/h1-3,6-7,16-17H,4-5,8-14H2,(H,24,25)/p-1. The highest BCUT2D eigenvalue weighted by molar-refractivity contribution is 7.15. The molecule has 1 unspecified atom stereocenters. The van der Waals surface area contributed by atoms with E-state index in [2.05, 4.69) is 35.2 Å². The monoisotopic (exact) mass is 369 g/mol. The minimum atomic E-state index is -0.974. The van der Waals surface area contributed by atoms with E-state index in [4.69, 9.17) is 4.98 Å². The van der Waals surface area contributed by atoms with Crippen LogP contribution in [-0.4, -0.2) is 23.5 Å². The van der Waals surface area contributed by atoms with Gasteiger partial charge in [-0.1, -0.05) is 43.2 Å². The van der Waals surface area contributed by atoms with Gasteiger partial charge in [0.15, 0.2) is 5.13 Å². The van der Waals surface area contributed by atoms with Gasteiger partial charge in [0.05, 0.1) is 5.69 Å². The molecule has 2 aromatic rings. The van der Waals surface area contributed by atoms with Crippen LogP contribution in [-0.2, 0) is 17.6 Å². The number of nitrogens with zero attached hydrogens (tertiary/aromatic N) is 2. The first kappa shape index (κ1) is 17.5. The van der Waals surface area contributed by atoms with E-state index in [1.807, 2.05) is 0 Å². The molecule has 26 heavy (non-hydrogen) atoms. The predicted octanol–water partition coefficient (Wildman–Crippen LogP) is 3.30. The number of aliphatic carboxylic acids is 1. The van der Waals surface area contributed by atoms with Gasteiger partial charge in [-0.3, -0.25) is 0 Å². The number of carboxylic acids is 1. The summed E-state index contributed by atoms with van der Waals surface area (Å²) in [7, 11) is 0. The summed E-state index contributed by atoms with van der Waals surface area (Å²) in [5.41, 5.74) is 2.64. The Morgan fingerprint density at radius 2 is 1.96 bits per heavy atom. The number of carbonyl (C=O) groups is 1. The van der Waals surface area contributed by atoms with Gasteiger partial charge in [-0.05, 0) is 43.6 Å². The second-order valence-corrected chi connectivity index (χ2v) is 8.53. The van der Waals surface area contributed by atoms with Crippen LogP contribution in [0.25, 0.3) is 0 Å². The van der Waals surface area contributed by atoms with Gasteiger partial charge in [0.25, 0.3) is 0 Å². The third-order valence-electron chi connectivity index (χ3n) is 5.77. The minimum absolute atomic E-state index is 0.0768. The number of benzene rings is 1. The van der Waals surface area contributed by atoms with E-state index >= 15 is 0 Å². The fourth-order valence-electron chi connectivity index (χ4n) is 4.36. The summed E-state index contributed by atoms with van der Waals surface area (Å²) >= 11 is 1.78. The van der Waals surface area contributed by atoms with Crippen LogP contribution in [0.5, 0.6) is 0 Å². The third-order valence-corrected chi connectivity index (χ3v) is 6.92. The summed E-state index contributed by atoms with van der Waals surface area (Å²) in [4.78, 5) is 19.6. The van der Waals surface area contributed by atoms with Crippen LogP contribution in [0.1, 0.15) is 60.6 Å². The van der Waals surface area contributed by atoms with Gasteiger partial charge in [-0.15, -0.1) is 11.3 Å². The van der Waals surface area contributed by atoms with E-state index in [0.717, 1.165) is 37.2 Å². The first-order valence-electron chi connectivity index (χ1n) is 9.70. The number of carbonyl (C=O) groups excluding carboxylic acids is 1. The largest absolute Gasteiger partial charge is 0.550 e. The molecule has 0 bridgehead atoms. The van der Waals surface area contributed by atoms with E-state index in [1.165, 1.54) is 29.0 Å². The average molecular weight is 370 g/mol. The van der Waals surface area contributed by atoms with Crippen molar-refractivity contribution in [3.8, 4) is 0 Å². The molecule has 0 saturated heterocycles. The molecule has 5 heteroatoms. The topological polar surface area (TPSA) is 56.3 Å². The maximum absolute atomic E-state index is 11.0. The molecule has 0 spiro atoms. The summed E-state index contributed by atoms with van der Waals surface area (Å²) < 4.78 is 0. The molecule has 1 saturated carbocycles. The number of hydrogen-bond donors (Lipinski definition) is 0. The molecule has 4 nitrogen and oxygen atoms in total. The lowest BCUT2D eigenvalue weighted by atomic mass is 9.85. The lowest BCUT2D eigenvalue weighted by Gasteiger charge is -2.28. The molecule has 4 rings (SSSR count). The van der Waals surface area contributed by atoms with Crippen molar-refractivity contribution >= 4 is 22.4 Å². The number of thiazole rings is 1. The lowest BCUT2D eigenvalue weighted by Crippen LogP contribution is -2.37. The van der Waals surface area contributed by atoms with Crippen molar-refractivity contribution in [2.75, 3.05) is 11.4 Å². The number of aromatic nitrogens is 1. The number of rotatable bonds is 6. The quantitative estimate of drug-likeness (QED) is 0.784. The van der Waals surface area contributed by atoms with Crippen molar-refractivity contribution in [1.29, 1.82) is 0 Å². The summed E-state index contributed by atoms with van der Waals surface area (Å²) in [5.74, 6) is -0.404. The molecule has 1 aromatic carbocycles. The predicted molar refractivity (Wildman–Crippen MR) is 103 cm³/mol. The van der Waals surface area contributed by atoms with Crippen molar-refractivity contribution in [2.45, 2.75) is 63.3 Å². The van der Waals surface area contributed by atoms with Crippen molar-refractivity contribution in [1.82, 2.24) is 4.98 Å². The zero-order valence-electron chi connectivity index (χ0n) is 15.0. The van der Waals surface area contributed by atoms with E-state index in [-0.39, 0.29) is 6.42 Å². The van der Waals surface area contributed by atoms with Crippen LogP contribution in [0.3, 0.4) is 0 Å². The SMILES string of the molecule is O=C([O-])CCN(c1nc2c(s1)CC(c1ccccc1)CC2)C1CCCC1. The molecule has 0 aliphatic heterocycles. The molecule has 1 heterocycles. The Labute approximate surface area is 158 Å². The molecule has 0 N–H and O–H groups in total. The van der Waals surface area contributed by atoms with E-state index in [9.17, 15) is 9.90 Å². The molecular formula is C21H25N2O2S-. The fourth-order valence-corrected chi connectivity index (χ4v) is 5.64. The molecular weight excluding hydrogens is 344 g/mol. The summed E-state index contributed by atoms with van der Waals surface area (Å²) in [6, 6.07) is 11.2. The van der Waals surface area contributed by atoms with Gasteiger partial charge in [-0.2, -0.15) is 0 Å². The Balaban J connectivity index is 1.54.